The van der Waals surface area contributed by atoms with E-state index in [1.54, 1.807) is 11.3 Å². The Hall–Kier alpha value is -0.450. The average molecular weight is 212 g/mol. The molecular weight excluding hydrogens is 196 g/mol. The van der Waals surface area contributed by atoms with E-state index in [9.17, 15) is 5.11 Å². The van der Waals surface area contributed by atoms with Crippen molar-refractivity contribution in [1.29, 1.82) is 0 Å². The summed E-state index contributed by atoms with van der Waals surface area (Å²) in [6.07, 6.45) is 1.79. The van der Waals surface area contributed by atoms with Crippen molar-refractivity contribution in [3.05, 3.63) is 16.1 Å². The van der Waals surface area contributed by atoms with Crippen LogP contribution in [0, 0.1) is 12.8 Å². The zero-order valence-electron chi connectivity index (χ0n) is 8.60. The van der Waals surface area contributed by atoms with Gasteiger partial charge in [-0.1, -0.05) is 6.92 Å². The molecule has 1 saturated heterocycles. The third kappa shape index (κ3) is 2.13. The number of aliphatic hydroxyl groups is 1. The van der Waals surface area contributed by atoms with Crippen molar-refractivity contribution in [2.45, 2.75) is 26.5 Å². The molecule has 0 amide bonds. The number of nitrogens with zero attached hydrogens (tertiary/aromatic N) is 2. The van der Waals surface area contributed by atoms with Crippen LogP contribution in [-0.4, -0.2) is 34.2 Å². The summed E-state index contributed by atoms with van der Waals surface area (Å²) in [7, 11) is 0. The minimum Gasteiger partial charge on any atom is -0.391 e. The number of hydrogen-bond acceptors (Lipinski definition) is 4. The molecule has 1 aliphatic heterocycles. The molecule has 4 heteroatoms. The molecule has 1 aromatic heterocycles. The third-order valence-corrected chi connectivity index (χ3v) is 3.59. The first kappa shape index (κ1) is 10.1. The van der Waals surface area contributed by atoms with Gasteiger partial charge in [0.05, 0.1) is 11.1 Å². The Bertz CT molecular complexity index is 303. The second kappa shape index (κ2) is 3.96. The lowest BCUT2D eigenvalue weighted by Crippen LogP contribution is -2.20. The number of aromatic nitrogens is 1. The first-order valence-electron chi connectivity index (χ1n) is 4.97. The molecule has 0 bridgehead atoms. The topological polar surface area (TPSA) is 36.4 Å². The largest absolute Gasteiger partial charge is 0.391 e. The van der Waals surface area contributed by atoms with Gasteiger partial charge in [-0.05, 0) is 12.8 Å². The quantitative estimate of drug-likeness (QED) is 0.802. The summed E-state index contributed by atoms with van der Waals surface area (Å²) < 4.78 is 0. The zero-order chi connectivity index (χ0) is 10.1. The summed E-state index contributed by atoms with van der Waals surface area (Å²) in [5.41, 5.74) is 0. The zero-order valence-corrected chi connectivity index (χ0v) is 9.42. The van der Waals surface area contributed by atoms with Gasteiger partial charge in [-0.15, -0.1) is 11.3 Å². The Balaban J connectivity index is 1.93. The molecular formula is C10H16N2OS. The van der Waals surface area contributed by atoms with Gasteiger partial charge in [0.1, 0.15) is 0 Å². The molecule has 1 aromatic rings. The maximum absolute atomic E-state index is 9.60. The summed E-state index contributed by atoms with van der Waals surface area (Å²) in [6, 6.07) is 0. The molecule has 0 radical (unpaired) electrons. The minimum atomic E-state index is -0.149. The molecule has 78 valence electrons. The normalized spacial score (nSPS) is 28.5. The molecule has 14 heavy (non-hydrogen) atoms. The predicted octanol–water partition coefficient (Wildman–Crippen LogP) is 1.26. The Labute approximate surface area is 88.4 Å². The van der Waals surface area contributed by atoms with Crippen LogP contribution >= 0.6 is 11.3 Å². The van der Waals surface area contributed by atoms with Gasteiger partial charge in [-0.2, -0.15) is 0 Å². The fourth-order valence-corrected chi connectivity index (χ4v) is 2.71. The number of rotatable bonds is 2. The number of thiazole rings is 1. The highest BCUT2D eigenvalue weighted by Gasteiger charge is 2.27. The molecule has 2 rings (SSSR count). The van der Waals surface area contributed by atoms with Crippen LogP contribution in [0.3, 0.4) is 0 Å². The van der Waals surface area contributed by atoms with Crippen LogP contribution in [0.2, 0.25) is 0 Å². The smallest absolute Gasteiger partial charge is 0.0897 e. The second-order valence-corrected chi connectivity index (χ2v) is 5.40. The van der Waals surface area contributed by atoms with E-state index < -0.39 is 0 Å². The van der Waals surface area contributed by atoms with Crippen molar-refractivity contribution in [3.8, 4) is 0 Å². The van der Waals surface area contributed by atoms with Gasteiger partial charge in [-0.3, -0.25) is 4.90 Å². The number of likely N-dealkylation sites (tertiary alicyclic amines) is 1. The van der Waals surface area contributed by atoms with Crippen molar-refractivity contribution in [3.63, 3.8) is 0 Å². The van der Waals surface area contributed by atoms with Crippen molar-refractivity contribution >= 4 is 11.3 Å². The van der Waals surface area contributed by atoms with Crippen LogP contribution in [-0.2, 0) is 6.54 Å². The van der Waals surface area contributed by atoms with Gasteiger partial charge < -0.3 is 5.11 Å². The molecule has 0 saturated carbocycles. The molecule has 1 N–H and O–H groups in total. The molecule has 0 aliphatic carbocycles. The van der Waals surface area contributed by atoms with Crippen molar-refractivity contribution in [2.24, 2.45) is 5.92 Å². The minimum absolute atomic E-state index is 0.149. The molecule has 3 nitrogen and oxygen atoms in total. The molecule has 1 aliphatic rings. The van der Waals surface area contributed by atoms with E-state index in [4.69, 9.17) is 0 Å². The first-order valence-corrected chi connectivity index (χ1v) is 5.78. The molecule has 0 spiro atoms. The van der Waals surface area contributed by atoms with E-state index in [-0.39, 0.29) is 6.10 Å². The predicted molar refractivity (Wildman–Crippen MR) is 57.3 cm³/mol. The van der Waals surface area contributed by atoms with Gasteiger partial charge >= 0.3 is 0 Å². The van der Waals surface area contributed by atoms with Crippen LogP contribution in [0.15, 0.2) is 6.20 Å². The fraction of sp³-hybridized carbons (Fsp3) is 0.700. The Morgan fingerprint density at radius 3 is 2.93 bits per heavy atom. The maximum Gasteiger partial charge on any atom is 0.0897 e. The van der Waals surface area contributed by atoms with E-state index in [1.807, 2.05) is 13.1 Å². The SMILES string of the molecule is Cc1ncc(CN2CC(C)C(O)C2)s1. The highest BCUT2D eigenvalue weighted by molar-refractivity contribution is 7.11. The molecule has 2 heterocycles. The van der Waals surface area contributed by atoms with Crippen LogP contribution in [0.25, 0.3) is 0 Å². The van der Waals surface area contributed by atoms with E-state index in [1.165, 1.54) is 4.88 Å². The Kier molecular flexibility index (Phi) is 2.85. The highest BCUT2D eigenvalue weighted by atomic mass is 32.1. The average Bonchev–Trinajstić information content (AvgIpc) is 2.62. The molecule has 0 aromatic carbocycles. The lowest BCUT2D eigenvalue weighted by Gasteiger charge is -2.12. The monoisotopic (exact) mass is 212 g/mol. The number of aliphatic hydroxyl groups excluding tert-OH is 1. The van der Waals surface area contributed by atoms with Gasteiger partial charge in [-0.25, -0.2) is 4.98 Å². The standard InChI is InChI=1S/C10H16N2OS/c1-7-4-12(6-10(7)13)5-9-3-11-8(2)14-9/h3,7,10,13H,4-6H2,1-2H3. The summed E-state index contributed by atoms with van der Waals surface area (Å²) >= 11 is 1.74. The Morgan fingerprint density at radius 2 is 2.43 bits per heavy atom. The number of aryl methyl sites for hydroxylation is 1. The summed E-state index contributed by atoms with van der Waals surface area (Å²) in [4.78, 5) is 7.82. The van der Waals surface area contributed by atoms with E-state index in [2.05, 4.69) is 16.8 Å². The van der Waals surface area contributed by atoms with Crippen LogP contribution < -0.4 is 0 Å². The van der Waals surface area contributed by atoms with E-state index >= 15 is 0 Å². The van der Waals surface area contributed by atoms with Crippen LogP contribution in [0.5, 0.6) is 0 Å². The van der Waals surface area contributed by atoms with Crippen LogP contribution in [0.4, 0.5) is 0 Å². The Morgan fingerprint density at radius 1 is 1.64 bits per heavy atom. The number of β-amino-alcohol motifs (C(OH)–C–C–N with tert-alkyl or cyclic N) is 1. The highest BCUT2D eigenvalue weighted by Crippen LogP contribution is 2.20. The fourth-order valence-electron chi connectivity index (χ4n) is 1.88. The van der Waals surface area contributed by atoms with Gasteiger partial charge in [0.15, 0.2) is 0 Å². The lowest BCUT2D eigenvalue weighted by atomic mass is 10.1. The van der Waals surface area contributed by atoms with Crippen molar-refractivity contribution < 1.29 is 5.11 Å². The maximum atomic E-state index is 9.60. The van der Waals surface area contributed by atoms with E-state index in [0.29, 0.717) is 5.92 Å². The molecule has 1 fully saturated rings. The second-order valence-electron chi connectivity index (χ2n) is 4.08. The van der Waals surface area contributed by atoms with Crippen LogP contribution in [0.1, 0.15) is 16.8 Å². The van der Waals surface area contributed by atoms with Crippen molar-refractivity contribution in [2.75, 3.05) is 13.1 Å². The van der Waals surface area contributed by atoms with Gasteiger partial charge in [0, 0.05) is 30.7 Å². The number of hydrogen-bond donors (Lipinski definition) is 1. The molecule has 2 atom stereocenters. The summed E-state index contributed by atoms with van der Waals surface area (Å²) in [5, 5.41) is 10.7. The lowest BCUT2D eigenvalue weighted by molar-refractivity contribution is 0.148. The van der Waals surface area contributed by atoms with Crippen molar-refractivity contribution in [1.82, 2.24) is 9.88 Å². The van der Waals surface area contributed by atoms with Gasteiger partial charge in [0.2, 0.25) is 0 Å². The third-order valence-electron chi connectivity index (χ3n) is 2.70. The molecule has 2 unspecified atom stereocenters. The first-order chi connectivity index (χ1) is 6.65. The van der Waals surface area contributed by atoms with Gasteiger partial charge in [0.25, 0.3) is 0 Å². The summed E-state index contributed by atoms with van der Waals surface area (Å²) in [6.45, 7) is 6.86. The summed E-state index contributed by atoms with van der Waals surface area (Å²) in [5.74, 6) is 0.406. The van der Waals surface area contributed by atoms with E-state index in [0.717, 1.165) is 24.6 Å².